The Balaban J connectivity index is 2.06. The van der Waals surface area contributed by atoms with Gasteiger partial charge in [-0.25, -0.2) is 4.98 Å². The molecule has 4 nitrogen and oxygen atoms in total. The van der Waals surface area contributed by atoms with E-state index in [0.29, 0.717) is 17.3 Å². The maximum atomic E-state index is 12.5. The first-order valence-corrected chi connectivity index (χ1v) is 7.62. The monoisotopic (exact) mass is 275 g/mol. The molecule has 1 saturated carbocycles. The van der Waals surface area contributed by atoms with Gasteiger partial charge in [-0.15, -0.1) is 0 Å². The van der Waals surface area contributed by atoms with Crippen LogP contribution in [-0.4, -0.2) is 29.4 Å². The first kappa shape index (κ1) is 14.8. The lowest BCUT2D eigenvalue weighted by atomic mass is 10.1. The van der Waals surface area contributed by atoms with Crippen molar-refractivity contribution in [1.29, 1.82) is 0 Å². The van der Waals surface area contributed by atoms with Gasteiger partial charge in [0.15, 0.2) is 0 Å². The third-order valence-corrected chi connectivity index (χ3v) is 4.00. The van der Waals surface area contributed by atoms with Gasteiger partial charge in [0.25, 0.3) is 5.91 Å². The molecule has 1 aliphatic carbocycles. The molecule has 1 aromatic rings. The van der Waals surface area contributed by atoms with Crippen LogP contribution in [0.15, 0.2) is 12.1 Å². The molecule has 0 bridgehead atoms. The fraction of sp³-hybridized carbons (Fsp3) is 0.625. The Morgan fingerprint density at radius 2 is 2.10 bits per heavy atom. The molecule has 1 amide bonds. The summed E-state index contributed by atoms with van der Waals surface area (Å²) in [4.78, 5) is 18.6. The molecule has 1 aromatic heterocycles. The highest BCUT2D eigenvalue weighted by Crippen LogP contribution is 2.25. The average Bonchev–Trinajstić information content (AvgIpc) is 2.90. The van der Waals surface area contributed by atoms with Crippen molar-refractivity contribution in [2.45, 2.75) is 45.4 Å². The van der Waals surface area contributed by atoms with E-state index in [0.717, 1.165) is 25.1 Å². The number of anilines is 1. The number of nitrogen functional groups attached to an aromatic ring is 1. The summed E-state index contributed by atoms with van der Waals surface area (Å²) in [5.41, 5.74) is 7.38. The van der Waals surface area contributed by atoms with Gasteiger partial charge >= 0.3 is 0 Å². The van der Waals surface area contributed by atoms with E-state index in [1.54, 1.807) is 6.07 Å². The van der Waals surface area contributed by atoms with Crippen LogP contribution >= 0.6 is 0 Å². The van der Waals surface area contributed by atoms with E-state index in [1.165, 1.54) is 25.7 Å². The molecule has 0 saturated heterocycles. The highest BCUT2D eigenvalue weighted by Gasteiger charge is 2.20. The molecule has 2 N–H and O–H groups in total. The van der Waals surface area contributed by atoms with Gasteiger partial charge in [0.05, 0.1) is 0 Å². The molecular weight excluding hydrogens is 250 g/mol. The van der Waals surface area contributed by atoms with Gasteiger partial charge in [0, 0.05) is 24.8 Å². The predicted octanol–water partition coefficient (Wildman–Crippen LogP) is 2.88. The predicted molar refractivity (Wildman–Crippen MR) is 81.6 cm³/mol. The highest BCUT2D eigenvalue weighted by molar-refractivity contribution is 5.94. The maximum absolute atomic E-state index is 12.5. The lowest BCUT2D eigenvalue weighted by Gasteiger charge is -2.21. The zero-order chi connectivity index (χ0) is 14.5. The van der Waals surface area contributed by atoms with Crippen LogP contribution in [-0.2, 0) is 6.42 Å². The van der Waals surface area contributed by atoms with E-state index in [4.69, 9.17) is 5.73 Å². The van der Waals surface area contributed by atoms with Crippen LogP contribution in [0.4, 0.5) is 5.82 Å². The largest absolute Gasteiger partial charge is 0.384 e. The molecule has 110 valence electrons. The van der Waals surface area contributed by atoms with Crippen LogP contribution in [0.3, 0.4) is 0 Å². The van der Waals surface area contributed by atoms with E-state index < -0.39 is 0 Å². The quantitative estimate of drug-likeness (QED) is 0.899. The third-order valence-electron chi connectivity index (χ3n) is 4.00. The van der Waals surface area contributed by atoms with Crippen molar-refractivity contribution in [3.05, 3.63) is 23.4 Å². The van der Waals surface area contributed by atoms with Gasteiger partial charge < -0.3 is 10.6 Å². The van der Waals surface area contributed by atoms with E-state index in [2.05, 4.69) is 11.9 Å². The number of amides is 1. The second-order valence-corrected chi connectivity index (χ2v) is 5.86. The topological polar surface area (TPSA) is 59.2 Å². The molecule has 20 heavy (non-hydrogen) atoms. The van der Waals surface area contributed by atoms with Crippen molar-refractivity contribution >= 4 is 11.7 Å². The Kier molecular flexibility index (Phi) is 4.99. The first-order chi connectivity index (χ1) is 9.60. The molecule has 0 unspecified atom stereocenters. The SMILES string of the molecule is CCCc1cc(C(=O)N(C)CC2CCCC2)cc(N)n1. The molecule has 0 atom stereocenters. The molecule has 4 heteroatoms. The van der Waals surface area contributed by atoms with Crippen molar-refractivity contribution in [1.82, 2.24) is 9.88 Å². The molecular formula is C16H25N3O. The Morgan fingerprint density at radius 1 is 1.40 bits per heavy atom. The molecule has 2 rings (SSSR count). The van der Waals surface area contributed by atoms with E-state index in [-0.39, 0.29) is 5.91 Å². The molecule has 1 fully saturated rings. The van der Waals surface area contributed by atoms with Crippen molar-refractivity contribution in [3.63, 3.8) is 0 Å². The average molecular weight is 275 g/mol. The van der Waals surface area contributed by atoms with Crippen LogP contribution in [0, 0.1) is 5.92 Å². The van der Waals surface area contributed by atoms with E-state index >= 15 is 0 Å². The summed E-state index contributed by atoms with van der Waals surface area (Å²) in [6.07, 6.45) is 6.96. The Labute approximate surface area is 121 Å². The Bertz CT molecular complexity index is 467. The van der Waals surface area contributed by atoms with Crippen LogP contribution in [0.2, 0.25) is 0 Å². The standard InChI is InChI=1S/C16H25N3O/c1-3-6-14-9-13(10-15(17)18-14)16(20)19(2)11-12-7-4-5-8-12/h9-10,12H,3-8,11H2,1-2H3,(H2,17,18). The summed E-state index contributed by atoms with van der Waals surface area (Å²) >= 11 is 0. The van der Waals surface area contributed by atoms with Gasteiger partial charge in [0.1, 0.15) is 5.82 Å². The van der Waals surface area contributed by atoms with Gasteiger partial charge in [-0.3, -0.25) is 4.79 Å². The van der Waals surface area contributed by atoms with Crippen molar-refractivity contribution in [2.75, 3.05) is 19.3 Å². The van der Waals surface area contributed by atoms with Crippen molar-refractivity contribution < 1.29 is 4.79 Å². The summed E-state index contributed by atoms with van der Waals surface area (Å²) in [5.74, 6) is 1.16. The fourth-order valence-electron chi connectivity index (χ4n) is 3.00. The van der Waals surface area contributed by atoms with Crippen LogP contribution < -0.4 is 5.73 Å². The minimum Gasteiger partial charge on any atom is -0.384 e. The van der Waals surface area contributed by atoms with Gasteiger partial charge in [-0.2, -0.15) is 0 Å². The number of aryl methyl sites for hydroxylation is 1. The van der Waals surface area contributed by atoms with Crippen LogP contribution in [0.5, 0.6) is 0 Å². The normalized spacial score (nSPS) is 15.5. The summed E-state index contributed by atoms with van der Waals surface area (Å²) in [6.45, 7) is 2.95. The molecule has 0 spiro atoms. The lowest BCUT2D eigenvalue weighted by molar-refractivity contribution is 0.0773. The van der Waals surface area contributed by atoms with E-state index in [1.807, 2.05) is 18.0 Å². The maximum Gasteiger partial charge on any atom is 0.253 e. The van der Waals surface area contributed by atoms with Crippen molar-refractivity contribution in [2.24, 2.45) is 5.92 Å². The molecule has 0 aromatic carbocycles. The minimum atomic E-state index is 0.0587. The Hall–Kier alpha value is -1.58. The van der Waals surface area contributed by atoms with Gasteiger partial charge in [0.2, 0.25) is 0 Å². The number of nitrogens with zero attached hydrogens (tertiary/aromatic N) is 2. The van der Waals surface area contributed by atoms with E-state index in [9.17, 15) is 4.79 Å². The fourth-order valence-corrected chi connectivity index (χ4v) is 3.00. The number of rotatable bonds is 5. The molecule has 1 aliphatic rings. The first-order valence-electron chi connectivity index (χ1n) is 7.62. The molecule has 0 aliphatic heterocycles. The van der Waals surface area contributed by atoms with Crippen molar-refractivity contribution in [3.8, 4) is 0 Å². The highest BCUT2D eigenvalue weighted by atomic mass is 16.2. The Morgan fingerprint density at radius 3 is 2.75 bits per heavy atom. The number of aromatic nitrogens is 1. The summed E-state index contributed by atoms with van der Waals surface area (Å²) < 4.78 is 0. The lowest BCUT2D eigenvalue weighted by Crippen LogP contribution is -2.31. The third kappa shape index (κ3) is 3.71. The molecule has 1 heterocycles. The zero-order valence-corrected chi connectivity index (χ0v) is 12.6. The van der Waals surface area contributed by atoms with Gasteiger partial charge in [-0.1, -0.05) is 26.2 Å². The smallest absolute Gasteiger partial charge is 0.253 e. The molecule has 0 radical (unpaired) electrons. The second kappa shape index (κ2) is 6.73. The summed E-state index contributed by atoms with van der Waals surface area (Å²) in [6, 6.07) is 3.57. The minimum absolute atomic E-state index is 0.0587. The number of carbonyl (C=O) groups excluding carboxylic acids is 1. The number of pyridine rings is 1. The summed E-state index contributed by atoms with van der Waals surface area (Å²) in [7, 11) is 1.89. The number of nitrogens with two attached hydrogens (primary N) is 1. The summed E-state index contributed by atoms with van der Waals surface area (Å²) in [5, 5.41) is 0. The van der Waals surface area contributed by atoms with Gasteiger partial charge in [-0.05, 0) is 37.3 Å². The number of carbonyl (C=O) groups is 1. The van der Waals surface area contributed by atoms with Crippen LogP contribution in [0.25, 0.3) is 0 Å². The van der Waals surface area contributed by atoms with Crippen LogP contribution in [0.1, 0.15) is 55.1 Å². The number of hydrogen-bond acceptors (Lipinski definition) is 3. The zero-order valence-electron chi connectivity index (χ0n) is 12.6. The number of hydrogen-bond donors (Lipinski definition) is 1. The second-order valence-electron chi connectivity index (χ2n) is 5.86.